The van der Waals surface area contributed by atoms with Crippen molar-refractivity contribution in [1.82, 2.24) is 4.57 Å². The fraction of sp³-hybridized carbons (Fsp3) is 0.231. The highest BCUT2D eigenvalue weighted by molar-refractivity contribution is 9.10. The van der Waals surface area contributed by atoms with Gasteiger partial charge in [-0.15, -0.1) is 0 Å². The molecule has 0 unspecified atom stereocenters. The number of hydrogen-bond acceptors (Lipinski definition) is 10. The van der Waals surface area contributed by atoms with Crippen LogP contribution < -0.4 is 29.1 Å². The maximum Gasteiger partial charge on any atom is 0.343 e. The summed E-state index contributed by atoms with van der Waals surface area (Å²) >= 11 is 4.78. The lowest BCUT2D eigenvalue weighted by molar-refractivity contribution is -0.143. The largest absolute Gasteiger partial charge is 0.490 e. The molecule has 4 aromatic carbocycles. The Morgan fingerprint density at radius 3 is 2.49 bits per heavy atom. The average molecular weight is 772 g/mol. The van der Waals surface area contributed by atoms with Gasteiger partial charge in [0.2, 0.25) is 0 Å². The summed E-state index contributed by atoms with van der Waals surface area (Å²) in [5.74, 6) is 0.104. The van der Waals surface area contributed by atoms with E-state index in [-0.39, 0.29) is 24.3 Å². The van der Waals surface area contributed by atoms with Gasteiger partial charge in [-0.2, -0.15) is 0 Å². The van der Waals surface area contributed by atoms with Gasteiger partial charge in [0.1, 0.15) is 12.4 Å². The molecule has 262 valence electrons. The lowest BCUT2D eigenvalue weighted by Gasteiger charge is -2.25. The van der Waals surface area contributed by atoms with E-state index in [1.54, 1.807) is 38.1 Å². The number of benzene rings is 4. The van der Waals surface area contributed by atoms with Crippen LogP contribution in [-0.2, 0) is 25.7 Å². The van der Waals surface area contributed by atoms with Crippen LogP contribution in [0.3, 0.4) is 0 Å². The second kappa shape index (κ2) is 15.8. The zero-order chi connectivity index (χ0) is 36.1. The number of fused-ring (bicyclic) bond motifs is 2. The van der Waals surface area contributed by atoms with Gasteiger partial charge in [-0.05, 0) is 79.1 Å². The fourth-order valence-corrected chi connectivity index (χ4v) is 7.28. The van der Waals surface area contributed by atoms with Gasteiger partial charge in [0.25, 0.3) is 5.56 Å². The maximum absolute atomic E-state index is 14.4. The van der Waals surface area contributed by atoms with Gasteiger partial charge in [0.05, 0.1) is 42.2 Å². The van der Waals surface area contributed by atoms with Gasteiger partial charge in [0, 0.05) is 10.0 Å². The molecular formula is C39H35BrN2O8S. The summed E-state index contributed by atoms with van der Waals surface area (Å²) in [4.78, 5) is 44.7. The zero-order valence-electron chi connectivity index (χ0n) is 28.4. The van der Waals surface area contributed by atoms with Crippen molar-refractivity contribution in [3.05, 3.63) is 131 Å². The number of allylic oxidation sites excluding steroid dienone is 1. The fourth-order valence-electron chi connectivity index (χ4n) is 5.86. The van der Waals surface area contributed by atoms with E-state index in [9.17, 15) is 14.4 Å². The van der Waals surface area contributed by atoms with Crippen molar-refractivity contribution in [2.45, 2.75) is 33.4 Å². The summed E-state index contributed by atoms with van der Waals surface area (Å²) in [6.45, 7) is 5.71. The third kappa shape index (κ3) is 7.62. The van der Waals surface area contributed by atoms with Crippen LogP contribution >= 0.6 is 27.3 Å². The Bertz CT molecular complexity index is 2340. The number of methoxy groups -OCH3 is 1. The summed E-state index contributed by atoms with van der Waals surface area (Å²) < 4.78 is 30.8. The minimum Gasteiger partial charge on any atom is -0.490 e. The molecule has 5 aromatic rings. The molecule has 0 saturated carbocycles. The average Bonchev–Trinajstić information content (AvgIpc) is 3.43. The van der Waals surface area contributed by atoms with Crippen LogP contribution in [0.4, 0.5) is 0 Å². The molecule has 0 saturated heterocycles. The quantitative estimate of drug-likeness (QED) is 0.137. The minimum absolute atomic E-state index is 0.141. The van der Waals surface area contributed by atoms with E-state index in [2.05, 4.69) is 34.1 Å². The molecule has 51 heavy (non-hydrogen) atoms. The number of carbonyl (C=O) groups excluding carboxylic acids is 2. The normalized spacial score (nSPS) is 14.1. The highest BCUT2D eigenvalue weighted by Crippen LogP contribution is 2.36. The van der Waals surface area contributed by atoms with Gasteiger partial charge < -0.3 is 23.7 Å². The molecule has 0 radical (unpaired) electrons. The predicted molar refractivity (Wildman–Crippen MR) is 198 cm³/mol. The van der Waals surface area contributed by atoms with Crippen LogP contribution in [-0.4, -0.2) is 43.4 Å². The molecule has 1 aromatic heterocycles. The first-order chi connectivity index (χ1) is 24.7. The molecule has 1 aliphatic rings. The molecule has 1 aliphatic heterocycles. The molecule has 2 heterocycles. The summed E-state index contributed by atoms with van der Waals surface area (Å²) in [6, 6.07) is 24.1. The van der Waals surface area contributed by atoms with Gasteiger partial charge in [-0.25, -0.2) is 14.6 Å². The van der Waals surface area contributed by atoms with Crippen LogP contribution in [0.15, 0.2) is 104 Å². The highest BCUT2D eigenvalue weighted by Gasteiger charge is 2.34. The van der Waals surface area contributed by atoms with E-state index < -0.39 is 18.0 Å². The topological polar surface area (TPSA) is 115 Å². The SMILES string of the molecule is CCOC(=O)C1=C(C)N=c2s/c(=C\c3cc(Br)ccc3OCc3cccc4ccccc34)c(=O)n2[C@H]1c1ccc(OCC(=O)OC)c(OCC)c1. The van der Waals surface area contributed by atoms with Gasteiger partial charge >= 0.3 is 11.9 Å². The molecule has 12 heteroatoms. The van der Waals surface area contributed by atoms with Crippen molar-refractivity contribution in [2.24, 2.45) is 4.99 Å². The number of carbonyl (C=O) groups is 2. The van der Waals surface area contributed by atoms with E-state index in [4.69, 9.17) is 28.7 Å². The molecule has 0 fully saturated rings. The molecule has 0 spiro atoms. The summed E-state index contributed by atoms with van der Waals surface area (Å²) in [5.41, 5.74) is 2.60. The number of nitrogens with zero attached hydrogens (tertiary/aromatic N) is 2. The Morgan fingerprint density at radius 2 is 1.71 bits per heavy atom. The Kier molecular flexibility index (Phi) is 11.0. The maximum atomic E-state index is 14.4. The molecule has 1 atom stereocenters. The van der Waals surface area contributed by atoms with Crippen molar-refractivity contribution in [3.63, 3.8) is 0 Å². The molecule has 10 nitrogen and oxygen atoms in total. The van der Waals surface area contributed by atoms with Crippen molar-refractivity contribution in [1.29, 1.82) is 0 Å². The smallest absolute Gasteiger partial charge is 0.343 e. The molecule has 6 rings (SSSR count). The molecule has 0 amide bonds. The molecule has 0 aliphatic carbocycles. The van der Waals surface area contributed by atoms with Crippen LogP contribution in [0, 0.1) is 0 Å². The van der Waals surface area contributed by atoms with Crippen molar-refractivity contribution < 1.29 is 33.3 Å². The van der Waals surface area contributed by atoms with Gasteiger partial charge in [0.15, 0.2) is 22.9 Å². The van der Waals surface area contributed by atoms with Gasteiger partial charge in [-0.3, -0.25) is 9.36 Å². The number of rotatable bonds is 12. The number of esters is 2. The van der Waals surface area contributed by atoms with E-state index >= 15 is 0 Å². The van der Waals surface area contributed by atoms with Crippen molar-refractivity contribution in [2.75, 3.05) is 26.9 Å². The summed E-state index contributed by atoms with van der Waals surface area (Å²) in [7, 11) is 1.27. The standard InChI is InChI=1S/C39H35BrN2O8S/c1-5-47-32-19-25(14-16-31(32)50-22-34(43)46-4)36-35(38(45)48-6-2)23(3)41-39-42(36)37(44)33(51-39)20-27-18-28(40)15-17-30(27)49-21-26-12-9-11-24-10-7-8-13-29(24)26/h7-20,36H,5-6,21-22H2,1-4H3/b33-20-/t36-/m0/s1. The minimum atomic E-state index is -0.888. The predicted octanol–water partition coefficient (Wildman–Crippen LogP) is 6.24. The Balaban J connectivity index is 1.44. The lowest BCUT2D eigenvalue weighted by Crippen LogP contribution is -2.40. The Morgan fingerprint density at radius 1 is 0.922 bits per heavy atom. The third-order valence-electron chi connectivity index (χ3n) is 8.20. The zero-order valence-corrected chi connectivity index (χ0v) is 30.8. The first-order valence-corrected chi connectivity index (χ1v) is 17.9. The monoisotopic (exact) mass is 770 g/mol. The molecular weight excluding hydrogens is 736 g/mol. The van der Waals surface area contributed by atoms with E-state index in [1.165, 1.54) is 23.0 Å². The second-order valence-corrected chi connectivity index (χ2v) is 13.3. The summed E-state index contributed by atoms with van der Waals surface area (Å²) in [5, 5.41) is 2.23. The Hall–Kier alpha value is -5.20. The van der Waals surface area contributed by atoms with Crippen molar-refractivity contribution in [3.8, 4) is 17.2 Å². The number of halogens is 1. The molecule has 0 N–H and O–H groups in total. The van der Waals surface area contributed by atoms with E-state index in [1.807, 2.05) is 49.4 Å². The van der Waals surface area contributed by atoms with Crippen LogP contribution in [0.2, 0.25) is 0 Å². The third-order valence-corrected chi connectivity index (χ3v) is 9.67. The van der Waals surface area contributed by atoms with Crippen LogP contribution in [0.25, 0.3) is 16.8 Å². The first-order valence-electron chi connectivity index (χ1n) is 16.3. The number of hydrogen-bond donors (Lipinski definition) is 0. The number of thiazole rings is 1. The number of ether oxygens (including phenoxy) is 5. The summed E-state index contributed by atoms with van der Waals surface area (Å²) in [6.07, 6.45) is 1.78. The van der Waals surface area contributed by atoms with Crippen LogP contribution in [0.5, 0.6) is 17.2 Å². The lowest BCUT2D eigenvalue weighted by atomic mass is 9.95. The second-order valence-electron chi connectivity index (χ2n) is 11.4. The van der Waals surface area contributed by atoms with Crippen LogP contribution in [0.1, 0.15) is 43.5 Å². The van der Waals surface area contributed by atoms with E-state index in [0.29, 0.717) is 56.6 Å². The highest BCUT2D eigenvalue weighted by atomic mass is 79.9. The van der Waals surface area contributed by atoms with Gasteiger partial charge in [-0.1, -0.05) is 75.8 Å². The first kappa shape index (κ1) is 35.6. The molecule has 0 bridgehead atoms. The number of aromatic nitrogens is 1. The van der Waals surface area contributed by atoms with Crippen molar-refractivity contribution >= 4 is 56.1 Å². The Labute approximate surface area is 306 Å². The van der Waals surface area contributed by atoms with E-state index in [0.717, 1.165) is 20.8 Å².